The van der Waals surface area contributed by atoms with Gasteiger partial charge in [-0.3, -0.25) is 4.99 Å². The second-order valence-corrected chi connectivity index (χ2v) is 7.44. The Morgan fingerprint density at radius 3 is 2.66 bits per heavy atom. The largest absolute Gasteiger partial charge is 0.504 e. The number of nitrogens with zero attached hydrogens (tertiary/aromatic N) is 2. The average Bonchev–Trinajstić information content (AvgIpc) is 3.17. The zero-order chi connectivity index (χ0) is 20.4. The normalized spacial score (nSPS) is 11.4. The quantitative estimate of drug-likeness (QED) is 0.363. The van der Waals surface area contributed by atoms with E-state index in [9.17, 15) is 5.11 Å². The third kappa shape index (κ3) is 4.03. The Hall–Kier alpha value is -3.12. The smallest absolute Gasteiger partial charge is 0.227 e. The maximum atomic E-state index is 10.3. The first kappa shape index (κ1) is 19.2. The predicted molar refractivity (Wildman–Crippen MR) is 118 cm³/mol. The van der Waals surface area contributed by atoms with Crippen LogP contribution in [-0.4, -0.2) is 23.4 Å². The molecular formula is C23H19BrN2O3. The number of aliphatic imine (C=N–C) groups is 1. The number of aromatic hydroxyl groups is 1. The van der Waals surface area contributed by atoms with Crippen LogP contribution in [0.1, 0.15) is 18.1 Å². The summed E-state index contributed by atoms with van der Waals surface area (Å²) in [6.45, 7) is 2.13. The minimum Gasteiger partial charge on any atom is -0.504 e. The van der Waals surface area contributed by atoms with Gasteiger partial charge < -0.3 is 14.3 Å². The lowest BCUT2D eigenvalue weighted by Crippen LogP contribution is -1.89. The van der Waals surface area contributed by atoms with Crippen LogP contribution in [0.5, 0.6) is 11.5 Å². The van der Waals surface area contributed by atoms with Crippen molar-refractivity contribution in [1.29, 1.82) is 0 Å². The number of rotatable bonds is 5. The Morgan fingerprint density at radius 1 is 1.14 bits per heavy atom. The molecular weight excluding hydrogens is 432 g/mol. The molecule has 0 bridgehead atoms. The maximum absolute atomic E-state index is 10.3. The van der Waals surface area contributed by atoms with Gasteiger partial charge in [0.2, 0.25) is 5.89 Å². The number of phenolic OH excluding ortho intramolecular Hbond substituents is 1. The standard InChI is InChI=1S/C23H19BrN2O3/c1-3-14-4-6-15(7-5-14)23-26-19-9-8-18(12-20(19)29-23)25-13-16-10-17(24)11-21(28-2)22(16)27/h4-13,27H,3H2,1-2H3. The van der Waals surface area contributed by atoms with Gasteiger partial charge >= 0.3 is 0 Å². The molecule has 0 unspecified atom stereocenters. The first-order valence-corrected chi connectivity index (χ1v) is 9.97. The van der Waals surface area contributed by atoms with E-state index in [0.29, 0.717) is 28.5 Å². The highest BCUT2D eigenvalue weighted by molar-refractivity contribution is 9.10. The van der Waals surface area contributed by atoms with Crippen molar-refractivity contribution in [3.8, 4) is 23.0 Å². The van der Waals surface area contributed by atoms with Crippen LogP contribution in [0.2, 0.25) is 0 Å². The molecule has 29 heavy (non-hydrogen) atoms. The first-order chi connectivity index (χ1) is 14.1. The second-order valence-electron chi connectivity index (χ2n) is 6.53. The van der Waals surface area contributed by atoms with Crippen LogP contribution in [0.25, 0.3) is 22.6 Å². The van der Waals surface area contributed by atoms with Crippen LogP contribution in [0, 0.1) is 0 Å². The molecule has 0 aliphatic rings. The highest BCUT2D eigenvalue weighted by Gasteiger charge is 2.10. The lowest BCUT2D eigenvalue weighted by molar-refractivity contribution is 0.373. The number of ether oxygens (including phenoxy) is 1. The van der Waals surface area contributed by atoms with Crippen molar-refractivity contribution in [2.75, 3.05) is 7.11 Å². The molecule has 0 saturated heterocycles. The molecule has 0 atom stereocenters. The van der Waals surface area contributed by atoms with E-state index in [2.05, 4.69) is 45.0 Å². The van der Waals surface area contributed by atoms with E-state index in [0.717, 1.165) is 22.0 Å². The molecule has 4 rings (SSSR count). The summed E-state index contributed by atoms with van der Waals surface area (Å²) < 4.78 is 11.9. The van der Waals surface area contributed by atoms with Gasteiger partial charge in [0, 0.05) is 27.9 Å². The molecule has 4 aromatic rings. The van der Waals surface area contributed by atoms with Crippen molar-refractivity contribution in [3.63, 3.8) is 0 Å². The molecule has 1 N–H and O–H groups in total. The number of methoxy groups -OCH3 is 1. The van der Waals surface area contributed by atoms with Gasteiger partial charge in [0.05, 0.1) is 12.8 Å². The van der Waals surface area contributed by atoms with Crippen LogP contribution < -0.4 is 4.74 Å². The van der Waals surface area contributed by atoms with E-state index in [1.54, 1.807) is 18.3 Å². The predicted octanol–water partition coefficient (Wildman–Crippen LogP) is 6.28. The maximum Gasteiger partial charge on any atom is 0.227 e. The Kier molecular flexibility index (Phi) is 5.36. The third-order valence-electron chi connectivity index (χ3n) is 4.62. The zero-order valence-electron chi connectivity index (χ0n) is 16.0. The van der Waals surface area contributed by atoms with Gasteiger partial charge in [-0.25, -0.2) is 4.98 Å². The lowest BCUT2D eigenvalue weighted by Gasteiger charge is -2.06. The minimum absolute atomic E-state index is 0.0398. The SMILES string of the molecule is CCc1ccc(-c2nc3ccc(N=Cc4cc(Br)cc(OC)c4O)cc3o2)cc1. The van der Waals surface area contributed by atoms with Gasteiger partial charge in [0.1, 0.15) is 5.52 Å². The summed E-state index contributed by atoms with van der Waals surface area (Å²) in [6.07, 6.45) is 2.58. The van der Waals surface area contributed by atoms with E-state index in [1.165, 1.54) is 12.7 Å². The molecule has 0 aliphatic carbocycles. The summed E-state index contributed by atoms with van der Waals surface area (Å²) in [7, 11) is 1.51. The van der Waals surface area contributed by atoms with Crippen LogP contribution in [0.3, 0.4) is 0 Å². The van der Waals surface area contributed by atoms with Gasteiger partial charge in [0.25, 0.3) is 0 Å². The summed E-state index contributed by atoms with van der Waals surface area (Å²) in [6, 6.07) is 17.2. The van der Waals surface area contributed by atoms with E-state index in [-0.39, 0.29) is 5.75 Å². The van der Waals surface area contributed by atoms with Crippen molar-refractivity contribution < 1.29 is 14.3 Å². The Labute approximate surface area is 176 Å². The van der Waals surface area contributed by atoms with Gasteiger partial charge in [-0.05, 0) is 48.4 Å². The monoisotopic (exact) mass is 450 g/mol. The number of benzene rings is 3. The minimum atomic E-state index is 0.0398. The van der Waals surface area contributed by atoms with E-state index in [1.807, 2.05) is 30.3 Å². The van der Waals surface area contributed by atoms with Crippen molar-refractivity contribution in [2.45, 2.75) is 13.3 Å². The molecule has 3 aromatic carbocycles. The Morgan fingerprint density at radius 2 is 1.93 bits per heavy atom. The molecule has 1 heterocycles. The Bertz CT molecular complexity index is 1200. The molecule has 6 heteroatoms. The molecule has 0 radical (unpaired) electrons. The van der Waals surface area contributed by atoms with E-state index in [4.69, 9.17) is 9.15 Å². The lowest BCUT2D eigenvalue weighted by atomic mass is 10.1. The Balaban J connectivity index is 1.64. The summed E-state index contributed by atoms with van der Waals surface area (Å²) in [5.41, 5.74) is 4.88. The van der Waals surface area contributed by atoms with Crippen molar-refractivity contribution >= 4 is 38.9 Å². The van der Waals surface area contributed by atoms with Crippen LogP contribution in [0.4, 0.5) is 5.69 Å². The number of phenols is 1. The molecule has 0 amide bonds. The number of oxazole rings is 1. The summed E-state index contributed by atoms with van der Waals surface area (Å²) in [5.74, 6) is 1.00. The molecule has 146 valence electrons. The molecule has 1 aromatic heterocycles. The fourth-order valence-electron chi connectivity index (χ4n) is 2.99. The first-order valence-electron chi connectivity index (χ1n) is 9.18. The fourth-order valence-corrected chi connectivity index (χ4v) is 3.45. The van der Waals surface area contributed by atoms with Gasteiger partial charge in [-0.15, -0.1) is 0 Å². The van der Waals surface area contributed by atoms with Crippen molar-refractivity contribution in [3.05, 3.63) is 70.2 Å². The van der Waals surface area contributed by atoms with E-state index >= 15 is 0 Å². The highest BCUT2D eigenvalue weighted by Crippen LogP contribution is 2.33. The highest BCUT2D eigenvalue weighted by atomic mass is 79.9. The van der Waals surface area contributed by atoms with Crippen LogP contribution >= 0.6 is 15.9 Å². The summed E-state index contributed by atoms with van der Waals surface area (Å²) in [5, 5.41) is 10.3. The van der Waals surface area contributed by atoms with Gasteiger partial charge in [-0.1, -0.05) is 35.0 Å². The molecule has 5 nitrogen and oxygen atoms in total. The topological polar surface area (TPSA) is 67.9 Å². The van der Waals surface area contributed by atoms with Gasteiger partial charge in [-0.2, -0.15) is 0 Å². The van der Waals surface area contributed by atoms with E-state index < -0.39 is 0 Å². The summed E-state index contributed by atoms with van der Waals surface area (Å²) in [4.78, 5) is 9.02. The molecule has 0 aliphatic heterocycles. The number of hydrogen-bond acceptors (Lipinski definition) is 5. The van der Waals surface area contributed by atoms with Crippen molar-refractivity contribution in [1.82, 2.24) is 4.98 Å². The van der Waals surface area contributed by atoms with Crippen LogP contribution in [-0.2, 0) is 6.42 Å². The average molecular weight is 451 g/mol. The number of hydrogen-bond donors (Lipinski definition) is 1. The fraction of sp³-hybridized carbons (Fsp3) is 0.130. The third-order valence-corrected chi connectivity index (χ3v) is 5.08. The molecule has 0 spiro atoms. The second kappa shape index (κ2) is 8.09. The zero-order valence-corrected chi connectivity index (χ0v) is 17.6. The van der Waals surface area contributed by atoms with Crippen molar-refractivity contribution in [2.24, 2.45) is 4.99 Å². The number of aromatic nitrogens is 1. The number of fused-ring (bicyclic) bond motifs is 1. The van der Waals surface area contributed by atoms with Gasteiger partial charge in [0.15, 0.2) is 17.1 Å². The van der Waals surface area contributed by atoms with Crippen LogP contribution in [0.15, 0.2) is 68.5 Å². The molecule has 0 fully saturated rings. The summed E-state index contributed by atoms with van der Waals surface area (Å²) >= 11 is 3.40. The molecule has 0 saturated carbocycles. The number of halogens is 1. The number of aryl methyl sites for hydroxylation is 1.